The molecule has 0 N–H and O–H groups in total. The zero-order chi connectivity index (χ0) is 17.4. The van der Waals surface area contributed by atoms with Gasteiger partial charge < -0.3 is 4.90 Å². The van der Waals surface area contributed by atoms with Gasteiger partial charge in [0.05, 0.1) is 11.9 Å². The van der Waals surface area contributed by atoms with Gasteiger partial charge in [-0.25, -0.2) is 0 Å². The average molecular weight is 351 g/mol. The molecule has 3 nitrogen and oxygen atoms in total. The number of halogens is 1. The second kappa shape index (κ2) is 6.49. The van der Waals surface area contributed by atoms with E-state index < -0.39 is 0 Å². The van der Waals surface area contributed by atoms with Crippen LogP contribution in [0, 0.1) is 5.92 Å². The number of rotatable bonds is 3. The maximum atomic E-state index is 13.1. The highest BCUT2D eigenvalue weighted by Gasteiger charge is 2.40. The molecule has 0 aliphatic heterocycles. The lowest BCUT2D eigenvalue weighted by molar-refractivity contribution is -0.125. The van der Waals surface area contributed by atoms with Crippen LogP contribution in [0.1, 0.15) is 24.3 Å². The van der Waals surface area contributed by atoms with Gasteiger partial charge in [0.2, 0.25) is 5.91 Å². The first-order valence-electron chi connectivity index (χ1n) is 8.51. The Kier molecular flexibility index (Phi) is 4.18. The number of fused-ring (bicyclic) bond motifs is 1. The number of hydrogen-bond donors (Lipinski definition) is 0. The lowest BCUT2D eigenvalue weighted by Gasteiger charge is -2.38. The molecule has 1 amide bonds. The summed E-state index contributed by atoms with van der Waals surface area (Å²) in [4.78, 5) is 19.2. The Bertz CT molecular complexity index is 935. The third kappa shape index (κ3) is 2.79. The Morgan fingerprint density at radius 1 is 1.08 bits per heavy atom. The van der Waals surface area contributed by atoms with Crippen LogP contribution in [-0.4, -0.2) is 17.9 Å². The van der Waals surface area contributed by atoms with Gasteiger partial charge in [-0.05, 0) is 30.4 Å². The van der Waals surface area contributed by atoms with Crippen LogP contribution >= 0.6 is 11.6 Å². The van der Waals surface area contributed by atoms with E-state index in [9.17, 15) is 4.79 Å². The van der Waals surface area contributed by atoms with Crippen molar-refractivity contribution in [2.75, 3.05) is 11.9 Å². The fourth-order valence-corrected chi connectivity index (χ4v) is 3.95. The molecule has 2 unspecified atom stereocenters. The number of hydrogen-bond acceptors (Lipinski definition) is 2. The molecule has 0 bridgehead atoms. The third-order valence-electron chi connectivity index (χ3n) is 5.24. The summed E-state index contributed by atoms with van der Waals surface area (Å²) in [6.45, 7) is 0. The predicted molar refractivity (Wildman–Crippen MR) is 102 cm³/mol. The quantitative estimate of drug-likeness (QED) is 0.662. The Balaban J connectivity index is 1.63. The zero-order valence-electron chi connectivity index (χ0n) is 14.0. The number of carbonyl (C=O) groups excluding carboxylic acids is 1. The largest absolute Gasteiger partial charge is 0.313 e. The number of benzene rings is 2. The van der Waals surface area contributed by atoms with E-state index >= 15 is 0 Å². The lowest BCUT2D eigenvalue weighted by Crippen LogP contribution is -2.41. The molecule has 0 spiro atoms. The van der Waals surface area contributed by atoms with Gasteiger partial charge in [0, 0.05) is 35.0 Å². The van der Waals surface area contributed by atoms with Crippen molar-refractivity contribution >= 4 is 34.0 Å². The van der Waals surface area contributed by atoms with Gasteiger partial charge in [-0.2, -0.15) is 0 Å². The van der Waals surface area contributed by atoms with Crippen molar-refractivity contribution in [2.24, 2.45) is 5.92 Å². The van der Waals surface area contributed by atoms with E-state index in [2.05, 4.69) is 4.98 Å². The molecule has 2 atom stereocenters. The molecule has 4 heteroatoms. The van der Waals surface area contributed by atoms with Crippen molar-refractivity contribution in [3.63, 3.8) is 0 Å². The van der Waals surface area contributed by atoms with Crippen LogP contribution < -0.4 is 4.90 Å². The van der Waals surface area contributed by atoms with E-state index in [4.69, 9.17) is 11.6 Å². The van der Waals surface area contributed by atoms with Crippen molar-refractivity contribution in [1.29, 1.82) is 0 Å². The first kappa shape index (κ1) is 16.1. The van der Waals surface area contributed by atoms with Gasteiger partial charge in [-0.1, -0.05) is 54.1 Å². The summed E-state index contributed by atoms with van der Waals surface area (Å²) in [6.07, 6.45) is 5.50. The minimum Gasteiger partial charge on any atom is -0.313 e. The van der Waals surface area contributed by atoms with Crippen molar-refractivity contribution in [3.05, 3.63) is 71.5 Å². The van der Waals surface area contributed by atoms with Crippen LogP contribution in [0.15, 0.2) is 60.9 Å². The lowest BCUT2D eigenvalue weighted by atomic mass is 9.69. The maximum Gasteiger partial charge on any atom is 0.230 e. The third-order valence-corrected chi connectivity index (χ3v) is 5.58. The number of nitrogens with zero attached hydrogens (tertiary/aromatic N) is 2. The van der Waals surface area contributed by atoms with Gasteiger partial charge >= 0.3 is 0 Å². The summed E-state index contributed by atoms with van der Waals surface area (Å²) in [5, 5.41) is 2.83. The molecule has 1 aromatic heterocycles. The van der Waals surface area contributed by atoms with Crippen LogP contribution in [0.4, 0.5) is 5.69 Å². The fourth-order valence-electron chi connectivity index (χ4n) is 3.68. The Hall–Kier alpha value is -2.39. The highest BCUT2D eigenvalue weighted by molar-refractivity contribution is 6.31. The second-order valence-electron chi connectivity index (χ2n) is 6.59. The van der Waals surface area contributed by atoms with E-state index in [0.717, 1.165) is 39.9 Å². The Labute approximate surface area is 152 Å². The van der Waals surface area contributed by atoms with E-state index in [1.807, 2.05) is 61.8 Å². The van der Waals surface area contributed by atoms with Gasteiger partial charge in [-0.15, -0.1) is 0 Å². The van der Waals surface area contributed by atoms with E-state index in [1.165, 1.54) is 0 Å². The zero-order valence-corrected chi connectivity index (χ0v) is 14.8. The monoisotopic (exact) mass is 350 g/mol. The molecule has 3 aromatic rings. The van der Waals surface area contributed by atoms with Crippen LogP contribution in [0.25, 0.3) is 10.8 Å². The van der Waals surface area contributed by atoms with Crippen LogP contribution in [0.5, 0.6) is 0 Å². The standard InChI is InChI=1S/C21H19ClN2O/c1-24(20-13-23-12-14-6-2-3-7-15(14)20)21(25)18-11-10-16(18)17-8-4-5-9-19(17)22/h2-9,12-13,16,18H,10-11H2,1H3. The molecule has 4 rings (SSSR count). The van der Waals surface area contributed by atoms with Crippen molar-refractivity contribution in [1.82, 2.24) is 4.98 Å². The summed E-state index contributed by atoms with van der Waals surface area (Å²) in [6, 6.07) is 15.9. The molecule has 1 saturated carbocycles. The molecule has 1 aliphatic carbocycles. The smallest absolute Gasteiger partial charge is 0.230 e. The summed E-state index contributed by atoms with van der Waals surface area (Å²) in [5.74, 6) is 0.310. The van der Waals surface area contributed by atoms with Crippen molar-refractivity contribution in [3.8, 4) is 0 Å². The first-order chi connectivity index (χ1) is 12.2. The summed E-state index contributed by atoms with van der Waals surface area (Å²) < 4.78 is 0. The van der Waals surface area contributed by atoms with Gasteiger partial charge in [0.25, 0.3) is 0 Å². The molecule has 1 heterocycles. The molecule has 0 saturated heterocycles. The SMILES string of the molecule is CN(C(=O)C1CCC1c1ccccc1Cl)c1cncc2ccccc12. The predicted octanol–water partition coefficient (Wildman–Crippen LogP) is 5.04. The second-order valence-corrected chi connectivity index (χ2v) is 7.00. The highest BCUT2D eigenvalue weighted by Crippen LogP contribution is 2.46. The molecule has 1 fully saturated rings. The van der Waals surface area contributed by atoms with Crippen molar-refractivity contribution < 1.29 is 4.79 Å². The Morgan fingerprint density at radius 2 is 1.84 bits per heavy atom. The molecular formula is C21H19ClN2O. The Morgan fingerprint density at radius 3 is 2.60 bits per heavy atom. The number of carbonyl (C=O) groups is 1. The number of anilines is 1. The molecule has 25 heavy (non-hydrogen) atoms. The minimum absolute atomic E-state index is 0.0242. The van der Waals surface area contributed by atoms with Gasteiger partial charge in [0.15, 0.2) is 0 Å². The molecule has 0 radical (unpaired) electrons. The summed E-state index contributed by atoms with van der Waals surface area (Å²) >= 11 is 6.34. The van der Waals surface area contributed by atoms with E-state index in [1.54, 1.807) is 11.1 Å². The molecular weight excluding hydrogens is 332 g/mol. The highest BCUT2D eigenvalue weighted by atomic mass is 35.5. The average Bonchev–Trinajstić information content (AvgIpc) is 2.61. The summed E-state index contributed by atoms with van der Waals surface area (Å²) in [7, 11) is 1.84. The molecule has 126 valence electrons. The van der Waals surface area contributed by atoms with Crippen molar-refractivity contribution in [2.45, 2.75) is 18.8 Å². The fraction of sp³-hybridized carbons (Fsp3) is 0.238. The maximum absolute atomic E-state index is 13.1. The number of pyridine rings is 1. The van der Waals surface area contributed by atoms with E-state index in [0.29, 0.717) is 0 Å². The molecule has 1 aliphatic rings. The first-order valence-corrected chi connectivity index (χ1v) is 8.89. The van der Waals surface area contributed by atoms with Crippen LogP contribution in [-0.2, 0) is 4.79 Å². The summed E-state index contributed by atoms with van der Waals surface area (Å²) in [5.41, 5.74) is 1.94. The minimum atomic E-state index is -0.0242. The van der Waals surface area contributed by atoms with Crippen LogP contribution in [0.2, 0.25) is 5.02 Å². The number of aromatic nitrogens is 1. The van der Waals surface area contributed by atoms with Crippen LogP contribution in [0.3, 0.4) is 0 Å². The normalized spacial score (nSPS) is 19.4. The topological polar surface area (TPSA) is 33.2 Å². The van der Waals surface area contributed by atoms with Gasteiger partial charge in [-0.3, -0.25) is 9.78 Å². The van der Waals surface area contributed by atoms with E-state index in [-0.39, 0.29) is 17.7 Å². The molecule has 2 aromatic carbocycles. The van der Waals surface area contributed by atoms with Gasteiger partial charge in [0.1, 0.15) is 0 Å². The number of amides is 1.